The first-order valence-corrected chi connectivity index (χ1v) is 6.46. The molecule has 2 bridgehead atoms. The first-order chi connectivity index (χ1) is 7.47. The van der Waals surface area contributed by atoms with Gasteiger partial charge in [-0.15, -0.1) is 0 Å². The van der Waals surface area contributed by atoms with Crippen molar-refractivity contribution in [3.05, 3.63) is 12.2 Å². The number of rotatable bonds is 5. The van der Waals surface area contributed by atoms with Gasteiger partial charge in [0.1, 0.15) is 0 Å². The molecule has 2 heteroatoms. The second kappa shape index (κ2) is 4.15. The van der Waals surface area contributed by atoms with Gasteiger partial charge in [-0.1, -0.05) is 26.0 Å². The van der Waals surface area contributed by atoms with Crippen LogP contribution in [0.15, 0.2) is 12.2 Å². The molecule has 0 saturated heterocycles. The standard InChI is InChI=1S/C14H24O2/c1-5-8-15-11(2)16-14(4)10-13(3)7-6-12(14)9-13/h6-7,11-12H,5,8-10H2,1-4H3. The van der Waals surface area contributed by atoms with E-state index in [2.05, 4.69) is 32.9 Å². The zero-order valence-corrected chi connectivity index (χ0v) is 11.0. The van der Waals surface area contributed by atoms with Crippen molar-refractivity contribution in [1.82, 2.24) is 0 Å². The zero-order chi connectivity index (χ0) is 11.8. The topological polar surface area (TPSA) is 18.5 Å². The summed E-state index contributed by atoms with van der Waals surface area (Å²) in [5, 5.41) is 0. The number of hydrogen-bond donors (Lipinski definition) is 0. The molecule has 4 atom stereocenters. The summed E-state index contributed by atoms with van der Waals surface area (Å²) in [5.74, 6) is 0.574. The summed E-state index contributed by atoms with van der Waals surface area (Å²) in [5.41, 5.74) is 0.348. The van der Waals surface area contributed by atoms with E-state index >= 15 is 0 Å². The Morgan fingerprint density at radius 3 is 2.69 bits per heavy atom. The van der Waals surface area contributed by atoms with Crippen LogP contribution < -0.4 is 0 Å². The normalized spacial score (nSPS) is 42.9. The van der Waals surface area contributed by atoms with Gasteiger partial charge in [-0.25, -0.2) is 0 Å². The summed E-state index contributed by atoms with van der Waals surface area (Å²) < 4.78 is 11.7. The predicted octanol–water partition coefficient (Wildman–Crippen LogP) is 3.52. The molecule has 0 heterocycles. The highest BCUT2D eigenvalue weighted by molar-refractivity contribution is 5.21. The molecule has 2 aliphatic carbocycles. The molecule has 0 aliphatic heterocycles. The second-order valence-corrected chi connectivity index (χ2v) is 5.87. The van der Waals surface area contributed by atoms with E-state index < -0.39 is 0 Å². The van der Waals surface area contributed by atoms with E-state index in [4.69, 9.17) is 9.47 Å². The molecular weight excluding hydrogens is 200 g/mol. The molecular formula is C14H24O2. The van der Waals surface area contributed by atoms with Crippen LogP contribution in [0, 0.1) is 11.3 Å². The van der Waals surface area contributed by atoms with Gasteiger partial charge in [0, 0.05) is 12.5 Å². The Balaban J connectivity index is 1.93. The van der Waals surface area contributed by atoms with Gasteiger partial charge in [0.15, 0.2) is 6.29 Å². The van der Waals surface area contributed by atoms with Gasteiger partial charge in [-0.3, -0.25) is 0 Å². The van der Waals surface area contributed by atoms with E-state index in [1.165, 1.54) is 6.42 Å². The Morgan fingerprint density at radius 2 is 2.19 bits per heavy atom. The second-order valence-electron chi connectivity index (χ2n) is 5.87. The lowest BCUT2D eigenvalue weighted by Crippen LogP contribution is -2.38. The van der Waals surface area contributed by atoms with Gasteiger partial charge in [0.25, 0.3) is 0 Å². The Morgan fingerprint density at radius 1 is 1.44 bits per heavy atom. The van der Waals surface area contributed by atoms with E-state index in [0.717, 1.165) is 19.4 Å². The molecule has 4 unspecified atom stereocenters. The molecule has 0 amide bonds. The molecule has 0 aromatic carbocycles. The Kier molecular flexibility index (Phi) is 3.15. The lowest BCUT2D eigenvalue weighted by Gasteiger charge is -2.35. The third kappa shape index (κ3) is 2.18. The van der Waals surface area contributed by atoms with Crippen molar-refractivity contribution in [2.75, 3.05) is 6.61 Å². The van der Waals surface area contributed by atoms with Gasteiger partial charge in [-0.2, -0.15) is 0 Å². The van der Waals surface area contributed by atoms with Gasteiger partial charge in [0.2, 0.25) is 0 Å². The van der Waals surface area contributed by atoms with Crippen molar-refractivity contribution in [2.24, 2.45) is 11.3 Å². The average molecular weight is 224 g/mol. The summed E-state index contributed by atoms with van der Waals surface area (Å²) in [6.45, 7) is 9.48. The largest absolute Gasteiger partial charge is 0.353 e. The van der Waals surface area contributed by atoms with Gasteiger partial charge in [-0.05, 0) is 38.5 Å². The van der Waals surface area contributed by atoms with Crippen molar-refractivity contribution in [2.45, 2.75) is 58.8 Å². The molecule has 2 aliphatic rings. The highest BCUT2D eigenvalue weighted by atomic mass is 16.7. The quantitative estimate of drug-likeness (QED) is 0.525. The summed E-state index contributed by atoms with van der Waals surface area (Å²) in [4.78, 5) is 0. The average Bonchev–Trinajstić information content (AvgIpc) is 2.67. The minimum atomic E-state index is -0.0821. The van der Waals surface area contributed by atoms with Crippen molar-refractivity contribution in [1.29, 1.82) is 0 Å². The van der Waals surface area contributed by atoms with Gasteiger partial charge in [0.05, 0.1) is 5.60 Å². The summed E-state index contributed by atoms with van der Waals surface area (Å²) >= 11 is 0. The number of ether oxygens (including phenoxy) is 2. The molecule has 1 fully saturated rings. The fourth-order valence-corrected chi connectivity index (χ4v) is 3.30. The molecule has 0 radical (unpaired) electrons. The molecule has 2 nitrogen and oxygen atoms in total. The minimum Gasteiger partial charge on any atom is -0.353 e. The van der Waals surface area contributed by atoms with Crippen LogP contribution in [-0.2, 0) is 9.47 Å². The molecule has 2 rings (SSSR count). The number of allylic oxidation sites excluding steroid dienone is 1. The monoisotopic (exact) mass is 224 g/mol. The van der Waals surface area contributed by atoms with Crippen LogP contribution in [0.1, 0.15) is 47.0 Å². The van der Waals surface area contributed by atoms with Crippen molar-refractivity contribution >= 4 is 0 Å². The maximum Gasteiger partial charge on any atom is 0.155 e. The summed E-state index contributed by atoms with van der Waals surface area (Å²) in [6.07, 6.45) is 8.02. The van der Waals surface area contributed by atoms with E-state index in [0.29, 0.717) is 11.3 Å². The van der Waals surface area contributed by atoms with Gasteiger partial charge >= 0.3 is 0 Å². The molecule has 92 valence electrons. The third-order valence-corrected chi connectivity index (χ3v) is 3.95. The van der Waals surface area contributed by atoms with E-state index in [1.54, 1.807) is 0 Å². The molecule has 0 spiro atoms. The van der Waals surface area contributed by atoms with Crippen LogP contribution in [0.5, 0.6) is 0 Å². The van der Waals surface area contributed by atoms with E-state index in [9.17, 15) is 0 Å². The fraction of sp³-hybridized carbons (Fsp3) is 0.857. The first kappa shape index (κ1) is 12.1. The van der Waals surface area contributed by atoms with Crippen molar-refractivity contribution in [3.8, 4) is 0 Å². The van der Waals surface area contributed by atoms with Crippen LogP contribution in [0.2, 0.25) is 0 Å². The molecule has 16 heavy (non-hydrogen) atoms. The van der Waals surface area contributed by atoms with E-state index in [1.807, 2.05) is 6.92 Å². The SMILES string of the molecule is CCCOC(C)OC1(C)CC2(C)C=CC1C2. The van der Waals surface area contributed by atoms with Crippen LogP contribution in [-0.4, -0.2) is 18.5 Å². The fourth-order valence-electron chi connectivity index (χ4n) is 3.30. The zero-order valence-electron chi connectivity index (χ0n) is 11.0. The Labute approximate surface area is 99.0 Å². The molecule has 0 aromatic heterocycles. The number of fused-ring (bicyclic) bond motifs is 2. The smallest absolute Gasteiger partial charge is 0.155 e. The Hall–Kier alpha value is -0.340. The third-order valence-electron chi connectivity index (χ3n) is 3.95. The predicted molar refractivity (Wildman–Crippen MR) is 65.2 cm³/mol. The summed E-state index contributed by atoms with van der Waals surface area (Å²) in [6, 6.07) is 0. The lowest BCUT2D eigenvalue weighted by molar-refractivity contribution is -0.205. The van der Waals surface area contributed by atoms with E-state index in [-0.39, 0.29) is 11.9 Å². The van der Waals surface area contributed by atoms with Crippen LogP contribution in [0.3, 0.4) is 0 Å². The van der Waals surface area contributed by atoms with Gasteiger partial charge < -0.3 is 9.47 Å². The Bertz CT molecular complexity index is 286. The first-order valence-electron chi connectivity index (χ1n) is 6.46. The molecule has 1 saturated carbocycles. The highest BCUT2D eigenvalue weighted by Gasteiger charge is 2.52. The maximum absolute atomic E-state index is 6.13. The minimum absolute atomic E-state index is 0.0172. The van der Waals surface area contributed by atoms with Crippen molar-refractivity contribution in [3.63, 3.8) is 0 Å². The molecule has 0 N–H and O–H groups in total. The molecule has 0 aromatic rings. The lowest BCUT2D eigenvalue weighted by atomic mass is 9.84. The van der Waals surface area contributed by atoms with Crippen molar-refractivity contribution < 1.29 is 9.47 Å². The van der Waals surface area contributed by atoms with Crippen LogP contribution in [0.4, 0.5) is 0 Å². The van der Waals surface area contributed by atoms with Crippen LogP contribution in [0.25, 0.3) is 0 Å². The number of hydrogen-bond acceptors (Lipinski definition) is 2. The highest BCUT2D eigenvalue weighted by Crippen LogP contribution is 2.55. The summed E-state index contributed by atoms with van der Waals surface area (Å²) in [7, 11) is 0. The van der Waals surface area contributed by atoms with Crippen LogP contribution >= 0.6 is 0 Å². The maximum atomic E-state index is 6.13.